The Bertz CT molecular complexity index is 289. The molecule has 0 unspecified atom stereocenters. The minimum absolute atomic E-state index is 0.187. The lowest BCUT2D eigenvalue weighted by Gasteiger charge is -2.13. The quantitative estimate of drug-likeness (QED) is 0.812. The predicted molar refractivity (Wildman–Crippen MR) is 60.4 cm³/mol. The summed E-state index contributed by atoms with van der Waals surface area (Å²) in [7, 11) is 0. The highest BCUT2D eigenvalue weighted by Crippen LogP contribution is 2.28. The molecule has 0 amide bonds. The standard InChI is InChI=1S/C11H15FO2S/c1-8(15-7-11(14)6-13)9-2-4-10(12)5-3-9/h2-5,8,11,13-14H,6-7H2,1H3/t8-,11+/m1/s1. The molecule has 2 N–H and O–H groups in total. The van der Waals surface area contributed by atoms with Gasteiger partial charge in [-0.3, -0.25) is 0 Å². The largest absolute Gasteiger partial charge is 0.394 e. The van der Waals surface area contributed by atoms with Crippen molar-refractivity contribution in [3.05, 3.63) is 35.6 Å². The molecule has 1 rings (SSSR count). The third-order valence-electron chi connectivity index (χ3n) is 2.09. The van der Waals surface area contributed by atoms with E-state index >= 15 is 0 Å². The van der Waals surface area contributed by atoms with Crippen molar-refractivity contribution in [2.75, 3.05) is 12.4 Å². The summed E-state index contributed by atoms with van der Waals surface area (Å²) in [5.41, 5.74) is 1.02. The third kappa shape index (κ3) is 4.20. The molecule has 0 fully saturated rings. The predicted octanol–water partition coefficient (Wildman–Crippen LogP) is 1.97. The maximum absolute atomic E-state index is 12.6. The van der Waals surface area contributed by atoms with Crippen LogP contribution >= 0.6 is 11.8 Å². The number of aliphatic hydroxyl groups excluding tert-OH is 2. The van der Waals surface area contributed by atoms with E-state index in [-0.39, 0.29) is 17.7 Å². The minimum atomic E-state index is -0.683. The van der Waals surface area contributed by atoms with E-state index in [1.54, 1.807) is 12.1 Å². The molecule has 15 heavy (non-hydrogen) atoms. The van der Waals surface area contributed by atoms with Crippen LogP contribution in [-0.2, 0) is 0 Å². The molecule has 0 spiro atoms. The van der Waals surface area contributed by atoms with Crippen LogP contribution in [0.15, 0.2) is 24.3 Å². The van der Waals surface area contributed by atoms with Gasteiger partial charge in [0.15, 0.2) is 0 Å². The summed E-state index contributed by atoms with van der Waals surface area (Å²) >= 11 is 1.54. The highest BCUT2D eigenvalue weighted by Gasteiger charge is 2.09. The number of hydrogen-bond donors (Lipinski definition) is 2. The number of hydrogen-bond acceptors (Lipinski definition) is 3. The first-order valence-corrected chi connectivity index (χ1v) is 5.84. The van der Waals surface area contributed by atoms with Crippen molar-refractivity contribution in [3.8, 4) is 0 Å². The molecule has 2 nitrogen and oxygen atoms in total. The van der Waals surface area contributed by atoms with Crippen LogP contribution in [0.4, 0.5) is 4.39 Å². The van der Waals surface area contributed by atoms with Crippen molar-refractivity contribution in [1.82, 2.24) is 0 Å². The highest BCUT2D eigenvalue weighted by atomic mass is 32.2. The average molecular weight is 230 g/mol. The van der Waals surface area contributed by atoms with Crippen LogP contribution < -0.4 is 0 Å². The Morgan fingerprint density at radius 3 is 2.47 bits per heavy atom. The number of rotatable bonds is 5. The lowest BCUT2D eigenvalue weighted by molar-refractivity contribution is 0.113. The van der Waals surface area contributed by atoms with Crippen LogP contribution in [0.25, 0.3) is 0 Å². The first-order chi connectivity index (χ1) is 7.13. The van der Waals surface area contributed by atoms with Gasteiger partial charge in [0.1, 0.15) is 5.82 Å². The van der Waals surface area contributed by atoms with Crippen LogP contribution in [0.3, 0.4) is 0 Å². The minimum Gasteiger partial charge on any atom is -0.394 e. The van der Waals surface area contributed by atoms with Crippen LogP contribution in [-0.4, -0.2) is 28.7 Å². The fraction of sp³-hybridized carbons (Fsp3) is 0.455. The molecule has 1 aromatic carbocycles. The molecular weight excluding hydrogens is 215 g/mol. The topological polar surface area (TPSA) is 40.5 Å². The van der Waals surface area contributed by atoms with Crippen LogP contribution in [0, 0.1) is 5.82 Å². The Kier molecular flexibility index (Phi) is 5.08. The first-order valence-electron chi connectivity index (χ1n) is 4.79. The third-order valence-corrected chi connectivity index (χ3v) is 3.44. The molecular formula is C11H15FO2S. The molecule has 0 aliphatic carbocycles. The van der Waals surface area contributed by atoms with Crippen molar-refractivity contribution < 1.29 is 14.6 Å². The Hall–Kier alpha value is -0.580. The molecule has 0 saturated heterocycles. The van der Waals surface area contributed by atoms with E-state index in [4.69, 9.17) is 10.2 Å². The monoisotopic (exact) mass is 230 g/mol. The maximum atomic E-state index is 12.6. The van der Waals surface area contributed by atoms with Gasteiger partial charge in [0.25, 0.3) is 0 Å². The van der Waals surface area contributed by atoms with E-state index < -0.39 is 6.10 Å². The molecule has 0 aliphatic heterocycles. The zero-order valence-electron chi connectivity index (χ0n) is 8.56. The van der Waals surface area contributed by atoms with Gasteiger partial charge in [-0.15, -0.1) is 0 Å². The van der Waals surface area contributed by atoms with E-state index in [0.717, 1.165) is 5.56 Å². The van der Waals surface area contributed by atoms with Crippen molar-refractivity contribution in [1.29, 1.82) is 0 Å². The Balaban J connectivity index is 2.46. The zero-order chi connectivity index (χ0) is 11.3. The molecule has 0 aliphatic rings. The van der Waals surface area contributed by atoms with Crippen molar-refractivity contribution in [2.24, 2.45) is 0 Å². The molecule has 0 saturated carbocycles. The second kappa shape index (κ2) is 6.10. The van der Waals surface area contributed by atoms with Gasteiger partial charge in [0.2, 0.25) is 0 Å². The second-order valence-corrected chi connectivity index (χ2v) is 4.74. The van der Waals surface area contributed by atoms with Gasteiger partial charge in [0.05, 0.1) is 12.7 Å². The molecule has 84 valence electrons. The number of thioether (sulfide) groups is 1. The molecule has 0 bridgehead atoms. The van der Waals surface area contributed by atoms with E-state index in [1.807, 2.05) is 6.92 Å². The lowest BCUT2D eigenvalue weighted by atomic mass is 10.2. The lowest BCUT2D eigenvalue weighted by Crippen LogP contribution is -2.15. The van der Waals surface area contributed by atoms with Crippen molar-refractivity contribution in [2.45, 2.75) is 18.3 Å². The van der Waals surface area contributed by atoms with Gasteiger partial charge in [-0.25, -0.2) is 4.39 Å². The number of aliphatic hydroxyl groups is 2. The molecule has 1 aromatic rings. The summed E-state index contributed by atoms with van der Waals surface area (Å²) in [4.78, 5) is 0. The fourth-order valence-electron chi connectivity index (χ4n) is 1.14. The van der Waals surface area contributed by atoms with E-state index in [9.17, 15) is 4.39 Å². The van der Waals surface area contributed by atoms with Gasteiger partial charge in [-0.05, 0) is 24.6 Å². The highest BCUT2D eigenvalue weighted by molar-refractivity contribution is 7.99. The van der Waals surface area contributed by atoms with E-state index in [0.29, 0.717) is 5.75 Å². The summed E-state index contributed by atoms with van der Waals surface area (Å²) in [5, 5.41) is 18.0. The summed E-state index contributed by atoms with van der Waals surface area (Å²) < 4.78 is 12.6. The summed E-state index contributed by atoms with van der Waals surface area (Å²) in [6.45, 7) is 1.77. The SMILES string of the molecule is C[C@@H](SC[C@@H](O)CO)c1ccc(F)cc1. The zero-order valence-corrected chi connectivity index (χ0v) is 9.38. The van der Waals surface area contributed by atoms with Gasteiger partial charge in [-0.2, -0.15) is 11.8 Å². The smallest absolute Gasteiger partial charge is 0.123 e. The van der Waals surface area contributed by atoms with Crippen molar-refractivity contribution in [3.63, 3.8) is 0 Å². The normalized spacial score (nSPS) is 14.9. The Morgan fingerprint density at radius 2 is 1.93 bits per heavy atom. The van der Waals surface area contributed by atoms with E-state index in [1.165, 1.54) is 23.9 Å². The molecule has 0 radical (unpaired) electrons. The van der Waals surface area contributed by atoms with E-state index in [2.05, 4.69) is 0 Å². The second-order valence-electron chi connectivity index (χ2n) is 3.36. The van der Waals surface area contributed by atoms with Gasteiger partial charge < -0.3 is 10.2 Å². The molecule has 0 aromatic heterocycles. The maximum Gasteiger partial charge on any atom is 0.123 e. The van der Waals surface area contributed by atoms with Gasteiger partial charge >= 0.3 is 0 Å². The summed E-state index contributed by atoms with van der Waals surface area (Å²) in [6, 6.07) is 6.32. The summed E-state index contributed by atoms with van der Waals surface area (Å²) in [6.07, 6.45) is -0.683. The van der Waals surface area contributed by atoms with Crippen LogP contribution in [0.2, 0.25) is 0 Å². The average Bonchev–Trinajstić information content (AvgIpc) is 2.26. The van der Waals surface area contributed by atoms with Crippen LogP contribution in [0.1, 0.15) is 17.7 Å². The molecule has 0 heterocycles. The number of halogens is 1. The van der Waals surface area contributed by atoms with Crippen molar-refractivity contribution >= 4 is 11.8 Å². The molecule has 4 heteroatoms. The first kappa shape index (κ1) is 12.5. The molecule has 2 atom stereocenters. The van der Waals surface area contributed by atoms with Gasteiger partial charge in [-0.1, -0.05) is 12.1 Å². The number of benzene rings is 1. The fourth-order valence-corrected chi connectivity index (χ4v) is 2.10. The Labute approximate surface area is 93.1 Å². The van der Waals surface area contributed by atoms with Gasteiger partial charge in [0, 0.05) is 11.0 Å². The van der Waals surface area contributed by atoms with Crippen LogP contribution in [0.5, 0.6) is 0 Å². The Morgan fingerprint density at radius 1 is 1.33 bits per heavy atom. The summed E-state index contributed by atoms with van der Waals surface area (Å²) in [5.74, 6) is 0.237.